The Kier molecular flexibility index (Phi) is 13.4. The summed E-state index contributed by atoms with van der Waals surface area (Å²) in [4.78, 5) is 52.1. The lowest BCUT2D eigenvalue weighted by Crippen LogP contribution is -2.58. The van der Waals surface area contributed by atoms with Gasteiger partial charge in [0.15, 0.2) is 11.5 Å². The maximum Gasteiger partial charge on any atom is 0.258 e. The zero-order valence-electron chi connectivity index (χ0n) is 37.5. The summed E-state index contributed by atoms with van der Waals surface area (Å²) in [6.07, 6.45) is 2.11. The SMILES string of the molecule is Cc1ncsc1-c1ccc(CNC(=O)[C@@H]2CCCN2C(=O)C(NC(=O)C2(F)CC2)C(C)(C)C)c(OCCc2ccc(CN3CCN(c4cc(-c5ccccc5O)nnc4N)CC3)cc2)c1. The summed E-state index contributed by atoms with van der Waals surface area (Å²) < 4.78 is 21.1. The van der Waals surface area contributed by atoms with Crippen molar-refractivity contribution in [2.75, 3.05) is 50.0 Å². The molecule has 1 saturated carbocycles. The third kappa shape index (κ3) is 10.5. The molecular weight excluding hydrogens is 846 g/mol. The number of thiazole rings is 1. The summed E-state index contributed by atoms with van der Waals surface area (Å²) in [7, 11) is 0. The number of hydrogen-bond acceptors (Lipinski definition) is 12. The van der Waals surface area contributed by atoms with Crippen molar-refractivity contribution < 1.29 is 28.6 Å². The van der Waals surface area contributed by atoms with Crippen molar-refractivity contribution in [1.29, 1.82) is 0 Å². The molecule has 0 spiro atoms. The van der Waals surface area contributed by atoms with Gasteiger partial charge in [-0.05, 0) is 79.0 Å². The zero-order chi connectivity index (χ0) is 45.9. The van der Waals surface area contributed by atoms with Crippen LogP contribution < -0.4 is 26.0 Å². The van der Waals surface area contributed by atoms with E-state index in [4.69, 9.17) is 10.5 Å². The number of amides is 3. The molecule has 0 radical (unpaired) electrons. The minimum absolute atomic E-state index is 0.148. The number of benzene rings is 3. The van der Waals surface area contributed by atoms with E-state index in [9.17, 15) is 23.9 Å². The Hall–Kier alpha value is -6.13. The van der Waals surface area contributed by atoms with Crippen molar-refractivity contribution in [2.24, 2.45) is 5.41 Å². The smallest absolute Gasteiger partial charge is 0.258 e. The van der Waals surface area contributed by atoms with Crippen LogP contribution in [0.4, 0.5) is 15.9 Å². The molecule has 1 unspecified atom stereocenters. The summed E-state index contributed by atoms with van der Waals surface area (Å²) in [5.41, 5.74) is 12.5. The number of hydrogen-bond donors (Lipinski definition) is 4. The van der Waals surface area contributed by atoms with Crippen LogP contribution in [-0.2, 0) is 33.9 Å². The minimum atomic E-state index is -1.91. The zero-order valence-corrected chi connectivity index (χ0v) is 38.3. The fourth-order valence-corrected chi connectivity index (χ4v) is 9.33. The van der Waals surface area contributed by atoms with Gasteiger partial charge in [0, 0.05) is 63.4 Å². The molecule has 4 heterocycles. The van der Waals surface area contributed by atoms with E-state index < -0.39 is 29.1 Å². The van der Waals surface area contributed by atoms with Crippen LogP contribution in [-0.4, -0.2) is 105 Å². The lowest BCUT2D eigenvalue weighted by atomic mass is 9.85. The normalized spacial score (nSPS) is 17.7. The van der Waals surface area contributed by atoms with Crippen LogP contribution in [0.2, 0.25) is 0 Å². The molecule has 2 atom stereocenters. The molecule has 3 amide bonds. The number of rotatable bonds is 15. The number of phenols is 1. The molecule has 0 bridgehead atoms. The van der Waals surface area contributed by atoms with Gasteiger partial charge in [0.05, 0.1) is 34.1 Å². The molecule has 2 saturated heterocycles. The van der Waals surface area contributed by atoms with Crippen LogP contribution in [0.25, 0.3) is 21.7 Å². The molecule has 2 aromatic heterocycles. The Morgan fingerprint density at radius 2 is 1.72 bits per heavy atom. The molecule has 5 aromatic rings. The standard InChI is InChI=1S/C49H58FN9O5S/c1-31-42(65-30-53-31)34-15-16-35(28-52-45(61)38-9-7-20-59(38)46(62)43(48(2,3)4)54-47(63)49(50)18-19-49)41(26-34)64-25-17-32-11-13-33(14-12-32)29-57-21-23-58(24-22-57)39-27-37(55-56-44(39)51)36-8-5-6-10-40(36)60/h5-6,8,10-16,26-27,30,38,43,60H,7,9,17-25,28-29H2,1-4H3,(H2,51,56)(H,52,61)(H,54,63)/t38-,43?/m0/s1. The summed E-state index contributed by atoms with van der Waals surface area (Å²) >= 11 is 1.56. The molecule has 65 heavy (non-hydrogen) atoms. The number of piperazine rings is 1. The Balaban J connectivity index is 0.863. The summed E-state index contributed by atoms with van der Waals surface area (Å²) in [6, 6.07) is 21.9. The molecule has 1 aliphatic carbocycles. The number of nitrogen functional groups attached to an aromatic ring is 1. The summed E-state index contributed by atoms with van der Waals surface area (Å²) in [5, 5.41) is 24.5. The van der Waals surface area contributed by atoms with Gasteiger partial charge in [-0.3, -0.25) is 19.3 Å². The van der Waals surface area contributed by atoms with Gasteiger partial charge in [-0.2, -0.15) is 0 Å². The van der Waals surface area contributed by atoms with Crippen LogP contribution in [0, 0.1) is 12.3 Å². The third-order valence-corrected chi connectivity index (χ3v) is 13.6. The van der Waals surface area contributed by atoms with Gasteiger partial charge in [0.25, 0.3) is 5.91 Å². The second-order valence-corrected chi connectivity index (χ2v) is 19.3. The van der Waals surface area contributed by atoms with Crippen molar-refractivity contribution in [3.63, 3.8) is 0 Å². The van der Waals surface area contributed by atoms with Gasteiger partial charge in [0.1, 0.15) is 23.6 Å². The predicted molar refractivity (Wildman–Crippen MR) is 250 cm³/mol. The molecule has 5 N–H and O–H groups in total. The number of likely N-dealkylation sites (tertiary alicyclic amines) is 1. The van der Waals surface area contributed by atoms with Crippen molar-refractivity contribution in [3.05, 3.63) is 101 Å². The average Bonchev–Trinajstić information content (AvgIpc) is 3.62. The fourth-order valence-electron chi connectivity index (χ4n) is 8.53. The molecule has 3 aliphatic rings. The summed E-state index contributed by atoms with van der Waals surface area (Å²) in [5.74, 6) is -0.256. The van der Waals surface area contributed by atoms with Crippen LogP contribution in [0.1, 0.15) is 68.8 Å². The maximum absolute atomic E-state index is 14.6. The lowest BCUT2D eigenvalue weighted by molar-refractivity contribution is -0.144. The van der Waals surface area contributed by atoms with Crippen LogP contribution in [0.15, 0.2) is 78.3 Å². The van der Waals surface area contributed by atoms with Gasteiger partial charge in [-0.15, -0.1) is 21.5 Å². The molecule has 2 aliphatic heterocycles. The number of nitrogens with zero attached hydrogens (tertiary/aromatic N) is 6. The Morgan fingerprint density at radius 1 is 0.985 bits per heavy atom. The number of nitrogens with one attached hydrogen (secondary N) is 2. The maximum atomic E-state index is 14.6. The minimum Gasteiger partial charge on any atom is -0.507 e. The first-order valence-corrected chi connectivity index (χ1v) is 23.3. The molecule has 3 fully saturated rings. The summed E-state index contributed by atoms with van der Waals surface area (Å²) in [6.45, 7) is 12.5. The number of para-hydroxylation sites is 1. The van der Waals surface area contributed by atoms with Gasteiger partial charge in [-0.1, -0.05) is 69.3 Å². The third-order valence-electron chi connectivity index (χ3n) is 12.6. The van der Waals surface area contributed by atoms with Crippen molar-refractivity contribution >= 4 is 40.6 Å². The quantitative estimate of drug-likeness (QED) is 0.0908. The monoisotopic (exact) mass is 903 g/mol. The van der Waals surface area contributed by atoms with E-state index in [-0.39, 0.29) is 37.0 Å². The molecule has 8 rings (SSSR count). The molecule has 3 aromatic carbocycles. The molecule has 16 heteroatoms. The number of phenolic OH excluding ortho intramolecular Hbond substituents is 1. The first-order chi connectivity index (χ1) is 31.2. The van der Waals surface area contributed by atoms with E-state index in [1.807, 2.05) is 69.6 Å². The highest BCUT2D eigenvalue weighted by Crippen LogP contribution is 2.41. The van der Waals surface area contributed by atoms with Gasteiger partial charge in [-0.25, -0.2) is 9.37 Å². The van der Waals surface area contributed by atoms with E-state index in [2.05, 4.69) is 59.9 Å². The van der Waals surface area contributed by atoms with E-state index >= 15 is 0 Å². The Labute approximate surface area is 383 Å². The Morgan fingerprint density at radius 3 is 2.42 bits per heavy atom. The van der Waals surface area contributed by atoms with Crippen molar-refractivity contribution in [1.82, 2.24) is 35.6 Å². The highest BCUT2D eigenvalue weighted by Gasteiger charge is 2.53. The highest BCUT2D eigenvalue weighted by atomic mass is 32.1. The number of anilines is 2. The number of nitrogens with two attached hydrogens (primary N) is 1. The molecule has 342 valence electrons. The van der Waals surface area contributed by atoms with E-state index in [0.717, 1.165) is 65.7 Å². The second-order valence-electron chi connectivity index (χ2n) is 18.4. The van der Waals surface area contributed by atoms with Gasteiger partial charge in [0.2, 0.25) is 11.8 Å². The van der Waals surface area contributed by atoms with Crippen LogP contribution in [0.3, 0.4) is 0 Å². The molecular formula is C49H58FN9O5S. The number of aromatic nitrogens is 3. The first-order valence-electron chi connectivity index (χ1n) is 22.4. The number of carbonyl (C=O) groups is 3. The number of aromatic hydroxyl groups is 1. The molecule has 14 nitrogen and oxygen atoms in total. The fraction of sp³-hybridized carbons (Fsp3) is 0.429. The largest absolute Gasteiger partial charge is 0.507 e. The topological polar surface area (TPSA) is 179 Å². The number of aryl methyl sites for hydroxylation is 1. The van der Waals surface area contributed by atoms with E-state index in [1.165, 1.54) is 10.5 Å². The van der Waals surface area contributed by atoms with Gasteiger partial charge < -0.3 is 36.0 Å². The number of halogens is 1. The first kappa shape index (κ1) is 45.4. The van der Waals surface area contributed by atoms with E-state index in [0.29, 0.717) is 55.2 Å². The van der Waals surface area contributed by atoms with E-state index in [1.54, 1.807) is 23.5 Å². The Bertz CT molecular complexity index is 2520. The number of alkyl halides is 1. The van der Waals surface area contributed by atoms with Crippen LogP contribution >= 0.6 is 11.3 Å². The average molecular weight is 904 g/mol. The van der Waals surface area contributed by atoms with Crippen molar-refractivity contribution in [2.45, 2.75) is 90.6 Å². The second kappa shape index (κ2) is 19.1. The lowest BCUT2D eigenvalue weighted by Gasteiger charge is -2.36. The predicted octanol–water partition coefficient (Wildman–Crippen LogP) is 6.45. The number of carbonyl (C=O) groups excluding carboxylic acids is 3. The van der Waals surface area contributed by atoms with Crippen LogP contribution in [0.5, 0.6) is 11.5 Å². The number of ether oxygens (including phenoxy) is 1. The highest BCUT2D eigenvalue weighted by molar-refractivity contribution is 7.13. The van der Waals surface area contributed by atoms with Gasteiger partial charge >= 0.3 is 0 Å². The van der Waals surface area contributed by atoms with Crippen molar-refractivity contribution in [3.8, 4) is 33.2 Å².